The van der Waals surface area contributed by atoms with Crippen molar-refractivity contribution < 1.29 is 4.92 Å². The van der Waals surface area contributed by atoms with Crippen LogP contribution in [0.15, 0.2) is 121 Å². The fourth-order valence-corrected chi connectivity index (χ4v) is 6.03. The zero-order valence-electron chi connectivity index (χ0n) is 23.4. The van der Waals surface area contributed by atoms with Crippen molar-refractivity contribution in [2.45, 2.75) is 0 Å². The van der Waals surface area contributed by atoms with Gasteiger partial charge in [-0.2, -0.15) is 0 Å². The Labute approximate surface area is 251 Å². The fraction of sp³-hybridized carbons (Fsp3) is 0. The molecule has 3 N–H and O–H groups in total. The Bertz CT molecular complexity index is 2350. The summed E-state index contributed by atoms with van der Waals surface area (Å²) >= 11 is 0. The van der Waals surface area contributed by atoms with E-state index >= 15 is 0 Å². The number of nitrogens with zero attached hydrogens (tertiary/aromatic N) is 2. The lowest BCUT2D eigenvalue weighted by molar-refractivity contribution is -0.384. The highest BCUT2D eigenvalue weighted by Gasteiger charge is 2.15. The Hall–Kier alpha value is -6.21. The summed E-state index contributed by atoms with van der Waals surface area (Å²) in [6, 6.07) is 39.7. The molecule has 0 radical (unpaired) electrons. The summed E-state index contributed by atoms with van der Waals surface area (Å²) in [7, 11) is 0. The van der Waals surface area contributed by atoms with Gasteiger partial charge in [-0.1, -0.05) is 60.7 Å². The number of hydrogen-bond donors (Lipinski definition) is 3. The average molecular weight is 572 g/mol. The van der Waals surface area contributed by atoms with Gasteiger partial charge in [-0.25, -0.2) is 4.98 Å². The maximum atomic E-state index is 11.4. The van der Waals surface area contributed by atoms with Gasteiger partial charge in [0.25, 0.3) is 5.69 Å². The molecule has 0 aliphatic carbocycles. The van der Waals surface area contributed by atoms with E-state index in [9.17, 15) is 10.1 Å². The maximum Gasteiger partial charge on any atom is 0.269 e. The van der Waals surface area contributed by atoms with E-state index in [1.54, 1.807) is 24.3 Å². The molecular formula is C37H25N5O2. The number of nitrogens with one attached hydrogen (secondary N) is 3. The molecule has 1 aliphatic heterocycles. The summed E-state index contributed by atoms with van der Waals surface area (Å²) in [5.41, 5.74) is 13.1. The normalized spacial score (nSPS) is 11.7. The lowest BCUT2D eigenvalue weighted by Crippen LogP contribution is -1.88. The van der Waals surface area contributed by atoms with Crippen LogP contribution in [0.4, 0.5) is 5.69 Å². The molecule has 7 aromatic rings. The van der Waals surface area contributed by atoms with Crippen molar-refractivity contribution in [2.24, 2.45) is 0 Å². The summed E-state index contributed by atoms with van der Waals surface area (Å²) in [5.74, 6) is 0. The second kappa shape index (κ2) is 10.3. The van der Waals surface area contributed by atoms with Crippen molar-refractivity contribution in [3.05, 3.63) is 143 Å². The third-order valence-electron chi connectivity index (χ3n) is 8.07. The van der Waals surface area contributed by atoms with Gasteiger partial charge in [0.15, 0.2) is 0 Å². The molecule has 0 saturated carbocycles. The monoisotopic (exact) mass is 571 g/mol. The Morgan fingerprint density at radius 3 is 1.39 bits per heavy atom. The van der Waals surface area contributed by atoms with Crippen molar-refractivity contribution in [1.29, 1.82) is 0 Å². The number of nitro benzene ring substituents is 1. The van der Waals surface area contributed by atoms with Crippen molar-refractivity contribution in [3.63, 3.8) is 0 Å². The van der Waals surface area contributed by atoms with Gasteiger partial charge in [0.2, 0.25) is 0 Å². The smallest absolute Gasteiger partial charge is 0.269 e. The Balaban J connectivity index is 1.54. The largest absolute Gasteiger partial charge is 0.354 e. The van der Waals surface area contributed by atoms with E-state index in [4.69, 9.17) is 4.98 Å². The SMILES string of the molecule is O=[N+]([O-])c1ccc(-c2c3ccc([nH]3)c(-c3ccccc3)c3nc(c4ccc([nH]4)c(-c4ccccc4)c4ccc2[nH]4)C=C3)cc1. The fourth-order valence-electron chi connectivity index (χ4n) is 6.03. The molecule has 0 amide bonds. The lowest BCUT2D eigenvalue weighted by atomic mass is 10.0. The number of non-ortho nitro benzene ring substituents is 1. The van der Waals surface area contributed by atoms with Crippen molar-refractivity contribution in [2.75, 3.05) is 0 Å². The second-order valence-electron chi connectivity index (χ2n) is 10.7. The number of aromatic amines is 3. The third kappa shape index (κ3) is 4.35. The molecule has 5 heterocycles. The third-order valence-corrected chi connectivity index (χ3v) is 8.07. The molecule has 1 aliphatic rings. The second-order valence-corrected chi connectivity index (χ2v) is 10.7. The molecule has 0 atom stereocenters. The highest BCUT2D eigenvalue weighted by molar-refractivity contribution is 6.00. The van der Waals surface area contributed by atoms with Gasteiger partial charge in [-0.15, -0.1) is 0 Å². The topological polar surface area (TPSA) is 103 Å². The van der Waals surface area contributed by atoms with E-state index in [0.29, 0.717) is 0 Å². The Morgan fingerprint density at radius 1 is 0.455 bits per heavy atom. The first-order valence-corrected chi connectivity index (χ1v) is 14.3. The van der Waals surface area contributed by atoms with Crippen LogP contribution in [0.3, 0.4) is 0 Å². The van der Waals surface area contributed by atoms with Crippen LogP contribution in [0.1, 0.15) is 11.4 Å². The zero-order chi connectivity index (χ0) is 29.6. The average Bonchev–Trinajstić information content (AvgIpc) is 3.88. The summed E-state index contributed by atoms with van der Waals surface area (Å²) in [6.07, 6.45) is 4.11. The highest BCUT2D eigenvalue weighted by atomic mass is 16.6. The first-order chi connectivity index (χ1) is 21.6. The van der Waals surface area contributed by atoms with E-state index in [-0.39, 0.29) is 10.6 Å². The molecule has 44 heavy (non-hydrogen) atoms. The molecule has 3 aromatic carbocycles. The minimum Gasteiger partial charge on any atom is -0.354 e. The molecule has 8 rings (SSSR count). The van der Waals surface area contributed by atoms with E-state index in [1.807, 2.05) is 42.5 Å². The van der Waals surface area contributed by atoms with Crippen molar-refractivity contribution in [3.8, 4) is 33.4 Å². The number of aromatic nitrogens is 4. The van der Waals surface area contributed by atoms with Gasteiger partial charge < -0.3 is 15.0 Å². The van der Waals surface area contributed by atoms with E-state index in [0.717, 1.165) is 77.9 Å². The number of benzene rings is 3. The highest BCUT2D eigenvalue weighted by Crippen LogP contribution is 2.36. The first-order valence-electron chi connectivity index (χ1n) is 14.3. The Morgan fingerprint density at radius 2 is 0.864 bits per heavy atom. The Kier molecular flexibility index (Phi) is 5.94. The molecule has 0 fully saturated rings. The number of fused-ring (bicyclic) bond motifs is 9. The molecule has 8 bridgehead atoms. The van der Waals surface area contributed by atoms with Crippen LogP contribution in [-0.4, -0.2) is 24.9 Å². The quantitative estimate of drug-likeness (QED) is 0.145. The van der Waals surface area contributed by atoms with Crippen LogP contribution < -0.4 is 0 Å². The van der Waals surface area contributed by atoms with Crippen molar-refractivity contribution in [1.82, 2.24) is 19.9 Å². The van der Waals surface area contributed by atoms with Crippen LogP contribution in [0.25, 0.3) is 78.6 Å². The van der Waals surface area contributed by atoms with Gasteiger partial charge in [-0.3, -0.25) is 10.1 Å². The minimum atomic E-state index is -0.377. The van der Waals surface area contributed by atoms with Gasteiger partial charge in [0, 0.05) is 56.4 Å². The van der Waals surface area contributed by atoms with E-state index < -0.39 is 0 Å². The standard InChI is InChI=1S/C37H25N5O2/c43-42(44)26-13-11-25(12-14-26)37-33-21-19-31(40-33)35(23-7-3-1-4-8-23)29-17-15-27(38-29)28-16-18-30(39-28)36(24-9-5-2-6-10-24)32-20-22-34(37)41-32/h1-22,38,40-41H. The summed E-state index contributed by atoms with van der Waals surface area (Å²) in [4.78, 5) is 27.2. The van der Waals surface area contributed by atoms with Crippen LogP contribution in [0.5, 0.6) is 0 Å². The van der Waals surface area contributed by atoms with Gasteiger partial charge >= 0.3 is 0 Å². The molecule has 0 saturated heterocycles. The number of rotatable bonds is 4. The molecule has 7 heteroatoms. The predicted molar refractivity (Wildman–Crippen MR) is 178 cm³/mol. The summed E-state index contributed by atoms with van der Waals surface area (Å²) in [5, 5.41) is 11.4. The number of H-pyrrole nitrogens is 3. The molecule has 7 nitrogen and oxygen atoms in total. The number of nitro groups is 1. The van der Waals surface area contributed by atoms with E-state index in [1.165, 1.54) is 0 Å². The molecule has 210 valence electrons. The van der Waals surface area contributed by atoms with Gasteiger partial charge in [0.1, 0.15) is 0 Å². The van der Waals surface area contributed by atoms with Crippen LogP contribution in [-0.2, 0) is 0 Å². The zero-order valence-corrected chi connectivity index (χ0v) is 23.4. The summed E-state index contributed by atoms with van der Waals surface area (Å²) in [6.45, 7) is 0. The summed E-state index contributed by atoms with van der Waals surface area (Å²) < 4.78 is 0. The molecular weight excluding hydrogens is 546 g/mol. The first kappa shape index (κ1) is 25.5. The molecule has 0 unspecified atom stereocenters. The van der Waals surface area contributed by atoms with Gasteiger partial charge in [-0.05, 0) is 77.4 Å². The predicted octanol–water partition coefficient (Wildman–Crippen LogP) is 9.61. The van der Waals surface area contributed by atoms with Crippen LogP contribution >= 0.6 is 0 Å². The number of hydrogen-bond acceptors (Lipinski definition) is 3. The molecule has 0 spiro atoms. The minimum absolute atomic E-state index is 0.0471. The van der Waals surface area contributed by atoms with Crippen LogP contribution in [0, 0.1) is 10.1 Å². The van der Waals surface area contributed by atoms with Gasteiger partial charge in [0.05, 0.1) is 21.8 Å². The lowest BCUT2D eigenvalue weighted by Gasteiger charge is -2.05. The van der Waals surface area contributed by atoms with Crippen LogP contribution in [0.2, 0.25) is 0 Å². The molecule has 4 aromatic heterocycles. The van der Waals surface area contributed by atoms with Crippen molar-refractivity contribution >= 4 is 50.9 Å². The van der Waals surface area contributed by atoms with E-state index in [2.05, 4.69) is 81.7 Å². The maximum absolute atomic E-state index is 11.4.